The summed E-state index contributed by atoms with van der Waals surface area (Å²) in [5.74, 6) is -5.51. The zero-order valence-corrected chi connectivity index (χ0v) is 21.0. The minimum absolute atomic E-state index is 0.593. The summed E-state index contributed by atoms with van der Waals surface area (Å²) in [7, 11) is 0. The van der Waals surface area contributed by atoms with E-state index in [1.807, 2.05) is 24.7 Å². The van der Waals surface area contributed by atoms with Crippen LogP contribution in [0.25, 0.3) is 0 Å². The van der Waals surface area contributed by atoms with Gasteiger partial charge in [-0.05, 0) is 87.1 Å². The van der Waals surface area contributed by atoms with Crippen LogP contribution in [0.3, 0.4) is 0 Å². The van der Waals surface area contributed by atoms with Gasteiger partial charge < -0.3 is 10.2 Å². The Morgan fingerprint density at radius 3 is 1.56 bits per heavy atom. The van der Waals surface area contributed by atoms with E-state index < -0.39 is 24.3 Å². The van der Waals surface area contributed by atoms with Gasteiger partial charge >= 0.3 is 24.3 Å². The summed E-state index contributed by atoms with van der Waals surface area (Å²) in [5.41, 5.74) is 3.18. The van der Waals surface area contributed by atoms with Crippen molar-refractivity contribution in [1.82, 2.24) is 19.8 Å². The zero-order chi connectivity index (χ0) is 29.1. The summed E-state index contributed by atoms with van der Waals surface area (Å²) in [6.45, 7) is 7.00. The summed E-state index contributed by atoms with van der Waals surface area (Å²) < 4.78 is 63.5. The van der Waals surface area contributed by atoms with Gasteiger partial charge in [0.2, 0.25) is 0 Å². The molecule has 4 rings (SSSR count). The van der Waals surface area contributed by atoms with E-state index in [2.05, 4.69) is 44.0 Å². The van der Waals surface area contributed by atoms with Crippen LogP contribution in [0.1, 0.15) is 36.9 Å². The Balaban J connectivity index is 0.000000317. The minimum Gasteiger partial charge on any atom is -0.475 e. The second-order valence-corrected chi connectivity index (χ2v) is 9.33. The largest absolute Gasteiger partial charge is 0.490 e. The highest BCUT2D eigenvalue weighted by Gasteiger charge is 2.39. The van der Waals surface area contributed by atoms with E-state index >= 15 is 0 Å². The number of rotatable bonds is 4. The van der Waals surface area contributed by atoms with Crippen LogP contribution in [0.4, 0.5) is 26.3 Å². The smallest absolute Gasteiger partial charge is 0.475 e. The number of carboxylic acid groups (broad SMARTS) is 2. The lowest BCUT2D eigenvalue weighted by atomic mass is 9.71. The SMILES string of the molecule is O=C(O)C(F)(F)F.O=C(O)C(F)(F)F.c1ccc(CN2CCC3(CCN(Cc4ccncc4)CC3)CC2)nc1. The van der Waals surface area contributed by atoms with Crippen LogP contribution < -0.4 is 0 Å². The van der Waals surface area contributed by atoms with Gasteiger partial charge in [0.1, 0.15) is 0 Å². The molecular weight excluding hydrogens is 534 g/mol. The summed E-state index contributed by atoms with van der Waals surface area (Å²) >= 11 is 0. The molecule has 2 aliphatic heterocycles. The van der Waals surface area contributed by atoms with Crippen molar-refractivity contribution in [1.29, 1.82) is 0 Å². The van der Waals surface area contributed by atoms with Crippen LogP contribution in [0.2, 0.25) is 0 Å². The van der Waals surface area contributed by atoms with Crippen LogP contribution in [0.5, 0.6) is 0 Å². The first-order valence-corrected chi connectivity index (χ1v) is 12.0. The molecule has 8 nitrogen and oxygen atoms in total. The van der Waals surface area contributed by atoms with Crippen LogP contribution in [-0.2, 0) is 22.7 Å². The van der Waals surface area contributed by atoms with Crippen LogP contribution in [-0.4, -0.2) is 80.5 Å². The lowest BCUT2D eigenvalue weighted by molar-refractivity contribution is -0.193. The van der Waals surface area contributed by atoms with Crippen molar-refractivity contribution in [3.63, 3.8) is 0 Å². The first-order valence-electron chi connectivity index (χ1n) is 12.0. The second-order valence-electron chi connectivity index (χ2n) is 9.33. The van der Waals surface area contributed by atoms with E-state index in [9.17, 15) is 26.3 Å². The molecule has 216 valence electrons. The topological polar surface area (TPSA) is 107 Å². The molecule has 2 saturated heterocycles. The van der Waals surface area contributed by atoms with Crippen LogP contribution in [0.15, 0.2) is 48.9 Å². The zero-order valence-electron chi connectivity index (χ0n) is 21.0. The van der Waals surface area contributed by atoms with Crippen LogP contribution >= 0.6 is 0 Å². The molecular formula is C25H30F6N4O4. The second kappa shape index (κ2) is 14.2. The molecule has 0 radical (unpaired) electrons. The Hall–Kier alpha value is -3.26. The molecule has 0 saturated carbocycles. The van der Waals surface area contributed by atoms with Gasteiger partial charge in [-0.3, -0.25) is 19.8 Å². The highest BCUT2D eigenvalue weighted by atomic mass is 19.4. The molecule has 2 aromatic heterocycles. The number of piperidine rings is 2. The predicted molar refractivity (Wildman–Crippen MR) is 127 cm³/mol. The highest BCUT2D eigenvalue weighted by molar-refractivity contribution is 5.73. The highest BCUT2D eigenvalue weighted by Crippen LogP contribution is 2.41. The maximum absolute atomic E-state index is 10.6. The molecule has 0 atom stereocenters. The lowest BCUT2D eigenvalue weighted by Gasteiger charge is -2.47. The van der Waals surface area contributed by atoms with Crippen molar-refractivity contribution in [2.24, 2.45) is 5.41 Å². The Morgan fingerprint density at radius 1 is 0.744 bits per heavy atom. The van der Waals surface area contributed by atoms with Crippen molar-refractivity contribution >= 4 is 11.9 Å². The number of carboxylic acids is 2. The molecule has 0 aliphatic carbocycles. The quantitative estimate of drug-likeness (QED) is 0.519. The monoisotopic (exact) mass is 564 g/mol. The van der Waals surface area contributed by atoms with Gasteiger partial charge in [-0.25, -0.2) is 9.59 Å². The van der Waals surface area contributed by atoms with Gasteiger partial charge in [-0.1, -0.05) is 6.07 Å². The molecule has 39 heavy (non-hydrogen) atoms. The van der Waals surface area contributed by atoms with Gasteiger partial charge in [-0.15, -0.1) is 0 Å². The number of aliphatic carboxylic acids is 2. The van der Waals surface area contributed by atoms with Gasteiger partial charge in [0.15, 0.2) is 0 Å². The molecule has 0 aromatic carbocycles. The van der Waals surface area contributed by atoms with E-state index in [0.29, 0.717) is 5.41 Å². The third kappa shape index (κ3) is 11.6. The van der Waals surface area contributed by atoms with Gasteiger partial charge in [-0.2, -0.15) is 26.3 Å². The lowest BCUT2D eigenvalue weighted by Crippen LogP contribution is -2.46. The predicted octanol–water partition coefficient (Wildman–Crippen LogP) is 4.62. The average Bonchev–Trinajstić information content (AvgIpc) is 2.88. The number of halogens is 6. The van der Waals surface area contributed by atoms with Crippen molar-refractivity contribution in [3.8, 4) is 0 Å². The number of hydrogen-bond acceptors (Lipinski definition) is 6. The minimum atomic E-state index is -5.08. The number of aromatic nitrogens is 2. The third-order valence-electron chi connectivity index (χ3n) is 6.59. The molecule has 0 amide bonds. The Morgan fingerprint density at radius 2 is 1.18 bits per heavy atom. The Kier molecular flexibility index (Phi) is 11.6. The fraction of sp³-hybridized carbons (Fsp3) is 0.520. The molecule has 14 heteroatoms. The molecule has 2 fully saturated rings. The molecule has 2 N–H and O–H groups in total. The van der Waals surface area contributed by atoms with E-state index in [0.717, 1.165) is 13.1 Å². The number of nitrogens with zero attached hydrogens (tertiary/aromatic N) is 4. The van der Waals surface area contributed by atoms with Gasteiger partial charge in [0.05, 0.1) is 5.69 Å². The van der Waals surface area contributed by atoms with Gasteiger partial charge in [0.25, 0.3) is 0 Å². The maximum atomic E-state index is 10.6. The number of pyridine rings is 2. The van der Waals surface area contributed by atoms with Crippen molar-refractivity contribution in [2.45, 2.75) is 51.1 Å². The maximum Gasteiger partial charge on any atom is 0.490 e. The number of likely N-dealkylation sites (tertiary alicyclic amines) is 2. The molecule has 1 spiro atoms. The van der Waals surface area contributed by atoms with E-state index in [1.54, 1.807) is 0 Å². The Bertz CT molecular complexity index is 935. The third-order valence-corrected chi connectivity index (χ3v) is 6.59. The van der Waals surface area contributed by atoms with E-state index in [1.165, 1.54) is 63.1 Å². The molecule has 2 aliphatic rings. The van der Waals surface area contributed by atoms with Crippen molar-refractivity contribution in [2.75, 3.05) is 26.2 Å². The molecule has 4 heterocycles. The average molecular weight is 565 g/mol. The summed E-state index contributed by atoms with van der Waals surface area (Å²) in [5, 5.41) is 14.2. The summed E-state index contributed by atoms with van der Waals surface area (Å²) in [6.07, 6.45) is 0.951. The fourth-order valence-electron chi connectivity index (χ4n) is 4.34. The van der Waals surface area contributed by atoms with Crippen molar-refractivity contribution in [3.05, 3.63) is 60.2 Å². The number of carbonyl (C=O) groups is 2. The van der Waals surface area contributed by atoms with Gasteiger partial charge in [0, 0.05) is 31.7 Å². The number of hydrogen-bond donors (Lipinski definition) is 2. The molecule has 0 bridgehead atoms. The van der Waals surface area contributed by atoms with E-state index in [-0.39, 0.29) is 0 Å². The molecule has 0 unspecified atom stereocenters. The normalized spacial score (nSPS) is 17.8. The molecule has 2 aromatic rings. The summed E-state index contributed by atoms with van der Waals surface area (Å²) in [6, 6.07) is 10.5. The Labute approximate surface area is 221 Å². The van der Waals surface area contributed by atoms with Crippen LogP contribution in [0, 0.1) is 5.41 Å². The number of alkyl halides is 6. The fourth-order valence-corrected chi connectivity index (χ4v) is 4.34. The summed E-state index contributed by atoms with van der Waals surface area (Å²) in [4.78, 5) is 31.6. The first-order chi connectivity index (χ1) is 18.2. The van der Waals surface area contributed by atoms with E-state index in [4.69, 9.17) is 19.8 Å². The standard InChI is InChI=1S/C21H28N4.2C2HF3O2/c1-2-10-23-20(3-1)18-25-15-8-21(9-16-25)6-13-24(14-7-21)17-19-4-11-22-12-5-19;2*3-2(4,5)1(6)7/h1-5,10-12H,6-9,13-18H2;2*(H,6,7). The first kappa shape index (κ1) is 32.0. The van der Waals surface area contributed by atoms with Crippen molar-refractivity contribution < 1.29 is 46.1 Å².